The van der Waals surface area contributed by atoms with Gasteiger partial charge in [0.25, 0.3) is 0 Å². The highest BCUT2D eigenvalue weighted by atomic mass is 16.3. The summed E-state index contributed by atoms with van der Waals surface area (Å²) in [5.41, 5.74) is 14.5. The van der Waals surface area contributed by atoms with Crippen molar-refractivity contribution in [3.63, 3.8) is 0 Å². The van der Waals surface area contributed by atoms with E-state index < -0.39 is 0 Å². The normalized spacial score (nSPS) is 11.3. The Balaban J connectivity index is 1.10. The molecule has 0 fully saturated rings. The third-order valence-electron chi connectivity index (χ3n) is 10.5. The summed E-state index contributed by atoms with van der Waals surface area (Å²) in [6, 6.07) is 75.8. The second-order valence-corrected chi connectivity index (χ2v) is 13.7. The van der Waals surface area contributed by atoms with Crippen molar-refractivity contribution in [2.45, 2.75) is 0 Å². The third kappa shape index (κ3) is 5.53. The highest BCUT2D eigenvalue weighted by molar-refractivity contribution is 6.10. The summed E-state index contributed by atoms with van der Waals surface area (Å²) < 4.78 is 6.60. The van der Waals surface area contributed by atoms with Crippen molar-refractivity contribution in [3.8, 4) is 44.5 Å². The van der Waals surface area contributed by atoms with Gasteiger partial charge in [0.2, 0.25) is 0 Å². The topological polar surface area (TPSA) is 16.4 Å². The molecule has 0 aliphatic carbocycles. The van der Waals surface area contributed by atoms with Crippen molar-refractivity contribution in [2.24, 2.45) is 0 Å². The number of hydrogen-bond acceptors (Lipinski definition) is 2. The Hall–Kier alpha value is -7.16. The summed E-state index contributed by atoms with van der Waals surface area (Å²) in [7, 11) is 0. The van der Waals surface area contributed by atoms with Crippen LogP contribution in [0.5, 0.6) is 0 Å². The van der Waals surface area contributed by atoms with Gasteiger partial charge in [0.05, 0.1) is 5.69 Å². The first-order valence-electron chi connectivity index (χ1n) is 18.4. The molecule has 0 atom stereocenters. The van der Waals surface area contributed by atoms with E-state index in [1.165, 1.54) is 49.7 Å². The van der Waals surface area contributed by atoms with E-state index in [0.717, 1.165) is 44.6 Å². The highest BCUT2D eigenvalue weighted by Crippen LogP contribution is 2.45. The van der Waals surface area contributed by atoms with Crippen LogP contribution in [-0.4, -0.2) is 0 Å². The molecule has 0 saturated heterocycles. The summed E-state index contributed by atoms with van der Waals surface area (Å²) in [5, 5.41) is 4.62. The fraction of sp³-hybridized carbons (Fsp3) is 0. The SMILES string of the molecule is c1ccc(-c2ccccc2-c2ccccc2-c2ccccc2-c2ccc(N(c3ccc4ccccc4c3)c3cccc4c3oc3ccccc34)cc2)cc1. The smallest absolute Gasteiger partial charge is 0.159 e. The van der Waals surface area contributed by atoms with E-state index >= 15 is 0 Å². The predicted octanol–water partition coefficient (Wildman–Crippen LogP) is 14.9. The molecule has 254 valence electrons. The maximum absolute atomic E-state index is 6.60. The number of para-hydroxylation sites is 2. The molecule has 2 heteroatoms. The van der Waals surface area contributed by atoms with E-state index in [0.29, 0.717) is 0 Å². The number of furan rings is 1. The van der Waals surface area contributed by atoms with Gasteiger partial charge in [0, 0.05) is 22.1 Å². The molecule has 54 heavy (non-hydrogen) atoms. The molecule has 1 heterocycles. The average molecular weight is 690 g/mol. The first-order chi connectivity index (χ1) is 26.8. The minimum Gasteiger partial charge on any atom is -0.454 e. The van der Waals surface area contributed by atoms with Gasteiger partial charge in [-0.15, -0.1) is 0 Å². The first-order valence-corrected chi connectivity index (χ1v) is 18.4. The number of rotatable bonds is 7. The van der Waals surface area contributed by atoms with Gasteiger partial charge in [-0.2, -0.15) is 0 Å². The summed E-state index contributed by atoms with van der Waals surface area (Å²) in [4.78, 5) is 2.32. The maximum Gasteiger partial charge on any atom is 0.159 e. The van der Waals surface area contributed by atoms with E-state index in [2.05, 4.69) is 205 Å². The van der Waals surface area contributed by atoms with Gasteiger partial charge >= 0.3 is 0 Å². The Morgan fingerprint density at radius 1 is 0.315 bits per heavy atom. The van der Waals surface area contributed by atoms with Crippen LogP contribution < -0.4 is 4.90 Å². The summed E-state index contributed by atoms with van der Waals surface area (Å²) >= 11 is 0. The van der Waals surface area contributed by atoms with E-state index in [4.69, 9.17) is 4.42 Å². The van der Waals surface area contributed by atoms with Crippen molar-refractivity contribution < 1.29 is 4.42 Å². The Morgan fingerprint density at radius 3 is 1.50 bits per heavy atom. The Bertz CT molecular complexity index is 2940. The number of fused-ring (bicyclic) bond motifs is 4. The molecule has 2 nitrogen and oxygen atoms in total. The van der Waals surface area contributed by atoms with Gasteiger partial charge in [-0.3, -0.25) is 0 Å². The number of anilines is 3. The van der Waals surface area contributed by atoms with Crippen molar-refractivity contribution in [3.05, 3.63) is 212 Å². The third-order valence-corrected chi connectivity index (χ3v) is 10.5. The molecule has 0 aliphatic rings. The van der Waals surface area contributed by atoms with Gasteiger partial charge in [0.1, 0.15) is 5.58 Å². The fourth-order valence-corrected chi connectivity index (χ4v) is 7.95. The number of benzene rings is 9. The van der Waals surface area contributed by atoms with E-state index in [9.17, 15) is 0 Å². The molecule has 0 bridgehead atoms. The zero-order valence-electron chi connectivity index (χ0n) is 29.6. The van der Waals surface area contributed by atoms with E-state index in [1.807, 2.05) is 12.1 Å². The maximum atomic E-state index is 6.60. The minimum absolute atomic E-state index is 0.869. The van der Waals surface area contributed by atoms with Crippen LogP contribution in [-0.2, 0) is 0 Å². The first kappa shape index (κ1) is 31.6. The fourth-order valence-electron chi connectivity index (χ4n) is 7.95. The zero-order chi connectivity index (χ0) is 35.8. The summed E-state index contributed by atoms with van der Waals surface area (Å²) in [6.07, 6.45) is 0. The monoisotopic (exact) mass is 689 g/mol. The molecule has 1 aromatic heterocycles. The van der Waals surface area contributed by atoms with Crippen molar-refractivity contribution in [1.29, 1.82) is 0 Å². The number of nitrogens with zero attached hydrogens (tertiary/aromatic N) is 1. The van der Waals surface area contributed by atoms with E-state index in [1.54, 1.807) is 0 Å². The largest absolute Gasteiger partial charge is 0.454 e. The summed E-state index contributed by atoms with van der Waals surface area (Å²) in [5.74, 6) is 0. The van der Waals surface area contributed by atoms with E-state index in [-0.39, 0.29) is 0 Å². The average Bonchev–Trinajstić information content (AvgIpc) is 3.64. The molecule has 0 unspecified atom stereocenters. The second kappa shape index (κ2) is 13.4. The molecule has 0 saturated carbocycles. The van der Waals surface area contributed by atoms with Gasteiger partial charge in [-0.05, 0) is 91.7 Å². The molecular weight excluding hydrogens is 655 g/mol. The lowest BCUT2D eigenvalue weighted by atomic mass is 9.87. The number of hydrogen-bond donors (Lipinski definition) is 0. The van der Waals surface area contributed by atoms with Crippen LogP contribution in [0.1, 0.15) is 0 Å². The molecule has 0 radical (unpaired) electrons. The standard InChI is InChI=1S/C52H35NO/c1-2-16-37(17-3-1)42-19-6-8-21-44(42)46-23-10-11-24-47(46)45-22-9-7-20-43(45)38-30-32-40(33-31-38)53(41-34-29-36-15-4-5-18-39(36)35-41)50-27-14-26-49-48-25-12-13-28-51(48)54-52(49)50/h1-35H. The lowest BCUT2D eigenvalue weighted by molar-refractivity contribution is 0.669. The van der Waals surface area contributed by atoms with Crippen LogP contribution in [0.25, 0.3) is 77.2 Å². The summed E-state index contributed by atoms with van der Waals surface area (Å²) in [6.45, 7) is 0. The molecule has 0 N–H and O–H groups in total. The van der Waals surface area contributed by atoms with Gasteiger partial charge in [-0.25, -0.2) is 0 Å². The molecule has 9 aromatic carbocycles. The van der Waals surface area contributed by atoms with Crippen LogP contribution in [0.4, 0.5) is 17.1 Å². The predicted molar refractivity (Wildman–Crippen MR) is 228 cm³/mol. The molecular formula is C52H35NO. The molecule has 0 aliphatic heterocycles. The van der Waals surface area contributed by atoms with Crippen LogP contribution in [0.3, 0.4) is 0 Å². The highest BCUT2D eigenvalue weighted by Gasteiger charge is 2.20. The quantitative estimate of drug-likeness (QED) is 0.166. The Kier molecular flexibility index (Phi) is 7.85. The molecule has 10 rings (SSSR count). The van der Waals surface area contributed by atoms with Crippen LogP contribution in [0.2, 0.25) is 0 Å². The van der Waals surface area contributed by atoms with Crippen LogP contribution in [0.15, 0.2) is 217 Å². The lowest BCUT2D eigenvalue weighted by Gasteiger charge is -2.26. The lowest BCUT2D eigenvalue weighted by Crippen LogP contribution is -2.10. The van der Waals surface area contributed by atoms with Gasteiger partial charge in [0.15, 0.2) is 5.58 Å². The zero-order valence-corrected chi connectivity index (χ0v) is 29.6. The molecule has 0 amide bonds. The van der Waals surface area contributed by atoms with Gasteiger partial charge < -0.3 is 9.32 Å². The van der Waals surface area contributed by atoms with Crippen LogP contribution >= 0.6 is 0 Å². The van der Waals surface area contributed by atoms with Crippen molar-refractivity contribution >= 4 is 49.8 Å². The molecule has 0 spiro atoms. The second-order valence-electron chi connectivity index (χ2n) is 13.7. The Labute approximate surface area is 314 Å². The van der Waals surface area contributed by atoms with Crippen molar-refractivity contribution in [2.75, 3.05) is 4.90 Å². The molecule has 10 aromatic rings. The Morgan fingerprint density at radius 2 is 0.815 bits per heavy atom. The van der Waals surface area contributed by atoms with Crippen molar-refractivity contribution in [1.82, 2.24) is 0 Å². The van der Waals surface area contributed by atoms with Crippen LogP contribution in [0, 0.1) is 0 Å². The van der Waals surface area contributed by atoms with Gasteiger partial charge in [-0.1, -0.05) is 176 Å². The minimum atomic E-state index is 0.869.